The average Bonchev–Trinajstić information content (AvgIpc) is 3.33. The van der Waals surface area contributed by atoms with Crippen LogP contribution in [0.15, 0.2) is 45.7 Å². The van der Waals surface area contributed by atoms with Gasteiger partial charge in [0.25, 0.3) is 11.1 Å². The van der Waals surface area contributed by atoms with E-state index < -0.39 is 0 Å². The molecule has 3 N–H and O–H groups in total. The predicted octanol–water partition coefficient (Wildman–Crippen LogP) is 2.75. The van der Waals surface area contributed by atoms with Crippen LogP contribution in [0, 0.1) is 0 Å². The smallest absolute Gasteiger partial charge is 0.275 e. The molecule has 1 unspecified atom stereocenters. The standard InChI is InChI=1S/C23H25N5O3/c1-14(13-27-10-2-3-11-27)28-23(31)17-8-5-7-16(20(17)26-28)21-22(30)25-18-9-4-6-15(29)12-19(18)24-21/h4-9,14,26,29H,2-3,10-13H2,1H3,(H,25,30). The Labute approximate surface area is 178 Å². The first-order chi connectivity index (χ1) is 15.0. The Balaban J connectivity index is 1.60. The van der Waals surface area contributed by atoms with Crippen LogP contribution in [0.1, 0.15) is 37.2 Å². The number of rotatable bonds is 4. The highest BCUT2D eigenvalue weighted by molar-refractivity contribution is 5.92. The molecule has 1 atom stereocenters. The van der Waals surface area contributed by atoms with Gasteiger partial charge >= 0.3 is 0 Å². The van der Waals surface area contributed by atoms with Crippen molar-refractivity contribution in [1.82, 2.24) is 24.6 Å². The Bertz CT molecular complexity index is 1320. The number of H-pyrrole nitrogens is 2. The van der Waals surface area contributed by atoms with Gasteiger partial charge in [-0.1, -0.05) is 18.2 Å². The second-order valence-electron chi connectivity index (χ2n) is 8.34. The van der Waals surface area contributed by atoms with E-state index in [9.17, 15) is 14.7 Å². The number of aliphatic hydroxyl groups excluding tert-OH is 1. The second-order valence-corrected chi connectivity index (χ2v) is 8.34. The van der Waals surface area contributed by atoms with Crippen molar-refractivity contribution in [2.75, 3.05) is 19.6 Å². The molecule has 1 aliphatic heterocycles. The molecular formula is C23H25N5O3. The summed E-state index contributed by atoms with van der Waals surface area (Å²) in [7, 11) is 0. The highest BCUT2D eigenvalue weighted by Gasteiger charge is 2.21. The van der Waals surface area contributed by atoms with Gasteiger partial charge in [0.05, 0.1) is 34.1 Å². The molecule has 0 saturated carbocycles. The molecule has 2 aliphatic rings. The minimum Gasteiger partial charge on any atom is -0.512 e. The summed E-state index contributed by atoms with van der Waals surface area (Å²) in [5.41, 5.74) is 2.12. The Morgan fingerprint density at radius 2 is 2.03 bits per heavy atom. The van der Waals surface area contributed by atoms with E-state index in [1.165, 1.54) is 12.8 Å². The predicted molar refractivity (Wildman–Crippen MR) is 120 cm³/mol. The molecule has 0 radical (unpaired) electrons. The van der Waals surface area contributed by atoms with E-state index in [1.54, 1.807) is 41.1 Å². The molecule has 31 heavy (non-hydrogen) atoms. The summed E-state index contributed by atoms with van der Waals surface area (Å²) < 4.78 is 1.65. The van der Waals surface area contributed by atoms with Crippen molar-refractivity contribution in [3.63, 3.8) is 0 Å². The highest BCUT2D eigenvalue weighted by atomic mass is 16.3. The van der Waals surface area contributed by atoms with Crippen molar-refractivity contribution in [3.8, 4) is 11.3 Å². The molecule has 1 aromatic carbocycles. The van der Waals surface area contributed by atoms with Gasteiger partial charge in [-0.05, 0) is 51.1 Å². The van der Waals surface area contributed by atoms with Crippen LogP contribution in [-0.2, 0) is 6.42 Å². The third kappa shape index (κ3) is 3.53. The molecule has 1 fully saturated rings. The van der Waals surface area contributed by atoms with E-state index in [4.69, 9.17) is 0 Å². The molecule has 8 heteroatoms. The van der Waals surface area contributed by atoms with Gasteiger partial charge in [0.1, 0.15) is 5.69 Å². The van der Waals surface area contributed by atoms with Crippen molar-refractivity contribution >= 4 is 17.0 Å². The summed E-state index contributed by atoms with van der Waals surface area (Å²) >= 11 is 0. The van der Waals surface area contributed by atoms with Crippen LogP contribution in [0.5, 0.6) is 0 Å². The summed E-state index contributed by atoms with van der Waals surface area (Å²) in [5.74, 6) is 0.175. The van der Waals surface area contributed by atoms with Crippen molar-refractivity contribution in [3.05, 3.63) is 68.2 Å². The van der Waals surface area contributed by atoms with Crippen molar-refractivity contribution in [2.45, 2.75) is 32.2 Å². The van der Waals surface area contributed by atoms with Gasteiger partial charge in [0, 0.05) is 18.5 Å². The quantitative estimate of drug-likeness (QED) is 0.603. The Morgan fingerprint density at radius 1 is 1.23 bits per heavy atom. The third-order valence-corrected chi connectivity index (χ3v) is 6.08. The topological polar surface area (TPSA) is 107 Å². The van der Waals surface area contributed by atoms with Crippen LogP contribution < -0.4 is 11.1 Å². The van der Waals surface area contributed by atoms with Crippen LogP contribution in [0.4, 0.5) is 0 Å². The lowest BCUT2D eigenvalue weighted by Crippen LogP contribution is -2.31. The van der Waals surface area contributed by atoms with Gasteiger partial charge in [-0.2, -0.15) is 0 Å². The summed E-state index contributed by atoms with van der Waals surface area (Å²) in [6, 6.07) is 5.31. The number of hydrogen-bond donors (Lipinski definition) is 3. The van der Waals surface area contributed by atoms with E-state index in [2.05, 4.69) is 20.0 Å². The molecule has 8 nitrogen and oxygen atoms in total. The fourth-order valence-corrected chi connectivity index (χ4v) is 4.52. The maximum absolute atomic E-state index is 13.1. The van der Waals surface area contributed by atoms with Crippen molar-refractivity contribution < 1.29 is 5.11 Å². The lowest BCUT2D eigenvalue weighted by atomic mass is 10.1. The molecular weight excluding hydrogens is 394 g/mol. The Kier molecular flexibility index (Phi) is 4.86. The number of aliphatic hydroxyl groups is 1. The minimum absolute atomic E-state index is 0.0173. The number of fused-ring (bicyclic) bond motifs is 2. The fourth-order valence-electron chi connectivity index (χ4n) is 4.52. The zero-order valence-electron chi connectivity index (χ0n) is 17.4. The van der Waals surface area contributed by atoms with E-state index in [0.717, 1.165) is 19.6 Å². The summed E-state index contributed by atoms with van der Waals surface area (Å²) in [4.78, 5) is 35.7. The number of allylic oxidation sites excluding steroid dienone is 3. The third-order valence-electron chi connectivity index (χ3n) is 6.08. The molecule has 5 rings (SSSR count). The number of hydrogen-bond acceptors (Lipinski definition) is 5. The highest BCUT2D eigenvalue weighted by Crippen LogP contribution is 2.25. The molecule has 0 spiro atoms. The molecule has 0 amide bonds. The molecule has 160 valence electrons. The number of nitrogens with one attached hydrogen (secondary N) is 2. The Hall–Kier alpha value is -3.39. The zero-order valence-corrected chi connectivity index (χ0v) is 17.4. The van der Waals surface area contributed by atoms with Crippen molar-refractivity contribution in [2.24, 2.45) is 0 Å². The summed E-state index contributed by atoms with van der Waals surface area (Å²) in [5, 5.41) is 13.8. The molecule has 1 saturated heterocycles. The second kappa shape index (κ2) is 7.70. The average molecular weight is 419 g/mol. The van der Waals surface area contributed by atoms with Crippen LogP contribution in [0.25, 0.3) is 28.2 Å². The maximum Gasteiger partial charge on any atom is 0.275 e. The number of nitrogens with zero attached hydrogens (tertiary/aromatic N) is 3. The maximum atomic E-state index is 13.1. The van der Waals surface area contributed by atoms with Gasteiger partial charge < -0.3 is 15.0 Å². The van der Waals surface area contributed by atoms with E-state index in [0.29, 0.717) is 27.9 Å². The number of aromatic nitrogens is 4. The number of likely N-dealkylation sites (tertiary alicyclic amines) is 1. The SMILES string of the molecule is CC(CN1CCCC1)n1[nH]c2c(-c3nc4c([nH]c3=O)C=CC=C(O)C4)cccc2c1=O. The monoisotopic (exact) mass is 419 g/mol. The van der Waals surface area contributed by atoms with Crippen LogP contribution in [0.3, 0.4) is 0 Å². The van der Waals surface area contributed by atoms with Crippen LogP contribution >= 0.6 is 0 Å². The van der Waals surface area contributed by atoms with Crippen LogP contribution in [-0.4, -0.2) is 49.4 Å². The van der Waals surface area contributed by atoms with Gasteiger partial charge in [-0.15, -0.1) is 0 Å². The number of aromatic amines is 2. The van der Waals surface area contributed by atoms with Gasteiger partial charge in [-0.3, -0.25) is 14.7 Å². The van der Waals surface area contributed by atoms with E-state index in [-0.39, 0.29) is 35.0 Å². The number of para-hydroxylation sites is 1. The van der Waals surface area contributed by atoms with Gasteiger partial charge in [0.2, 0.25) is 0 Å². The zero-order chi connectivity index (χ0) is 21.5. The Morgan fingerprint density at radius 3 is 2.84 bits per heavy atom. The van der Waals surface area contributed by atoms with Gasteiger partial charge in [-0.25, -0.2) is 9.67 Å². The fraction of sp³-hybridized carbons (Fsp3) is 0.348. The number of benzene rings is 1. The van der Waals surface area contributed by atoms with Gasteiger partial charge in [0.15, 0.2) is 0 Å². The minimum atomic E-state index is -0.337. The first kappa shape index (κ1) is 19.6. The molecule has 2 aromatic heterocycles. The lowest BCUT2D eigenvalue weighted by Gasteiger charge is -2.20. The molecule has 1 aliphatic carbocycles. The largest absolute Gasteiger partial charge is 0.512 e. The first-order valence-electron chi connectivity index (χ1n) is 10.7. The van der Waals surface area contributed by atoms with E-state index >= 15 is 0 Å². The van der Waals surface area contributed by atoms with Crippen LogP contribution in [0.2, 0.25) is 0 Å². The van der Waals surface area contributed by atoms with Crippen molar-refractivity contribution in [1.29, 1.82) is 0 Å². The summed E-state index contributed by atoms with van der Waals surface area (Å²) in [6.07, 6.45) is 7.61. The summed E-state index contributed by atoms with van der Waals surface area (Å²) in [6.45, 7) is 4.96. The molecule has 3 heterocycles. The molecule has 3 aromatic rings. The first-order valence-corrected chi connectivity index (χ1v) is 10.7. The lowest BCUT2D eigenvalue weighted by molar-refractivity contribution is 0.275. The normalized spacial score (nSPS) is 17.5. The molecule has 0 bridgehead atoms. The van der Waals surface area contributed by atoms with E-state index in [1.807, 2.05) is 6.92 Å².